The molecule has 132 valence electrons. The van der Waals surface area contributed by atoms with Crippen LogP contribution >= 0.6 is 0 Å². The number of carbonyl (C=O) groups is 1. The summed E-state index contributed by atoms with van der Waals surface area (Å²) < 4.78 is 7.46. The quantitative estimate of drug-likeness (QED) is 0.786. The summed E-state index contributed by atoms with van der Waals surface area (Å²) >= 11 is 0. The Labute approximate surface area is 151 Å². The summed E-state index contributed by atoms with van der Waals surface area (Å²) in [6.45, 7) is 4.00. The highest BCUT2D eigenvalue weighted by Gasteiger charge is 2.31. The molecule has 1 aliphatic heterocycles. The van der Waals surface area contributed by atoms with Crippen LogP contribution in [-0.4, -0.2) is 31.3 Å². The zero-order chi connectivity index (χ0) is 18.3. The molecule has 0 aliphatic carbocycles. The molecular formula is C19H19N5O2. The molecule has 7 heteroatoms. The average Bonchev–Trinajstić information content (AvgIpc) is 3.15. The molecule has 4 heterocycles. The van der Waals surface area contributed by atoms with Gasteiger partial charge in [-0.15, -0.1) is 0 Å². The second-order valence-corrected chi connectivity index (χ2v) is 6.99. The predicted molar refractivity (Wildman–Crippen MR) is 97.0 cm³/mol. The van der Waals surface area contributed by atoms with Crippen LogP contribution in [0.5, 0.6) is 5.88 Å². The van der Waals surface area contributed by atoms with Crippen LogP contribution in [-0.2, 0) is 13.5 Å². The Bertz CT molecular complexity index is 993. The van der Waals surface area contributed by atoms with E-state index in [0.717, 1.165) is 23.2 Å². The zero-order valence-electron chi connectivity index (χ0n) is 14.9. The Kier molecular flexibility index (Phi) is 3.72. The normalized spacial score (nSPS) is 14.6. The fourth-order valence-electron chi connectivity index (χ4n) is 3.00. The second kappa shape index (κ2) is 5.94. The fraction of sp³-hybridized carbons (Fsp3) is 0.263. The van der Waals surface area contributed by atoms with Crippen molar-refractivity contribution < 1.29 is 9.53 Å². The fourth-order valence-corrected chi connectivity index (χ4v) is 3.00. The van der Waals surface area contributed by atoms with Gasteiger partial charge in [0, 0.05) is 37.0 Å². The highest BCUT2D eigenvalue weighted by molar-refractivity contribution is 6.03. The summed E-state index contributed by atoms with van der Waals surface area (Å²) in [7, 11) is 1.85. The van der Waals surface area contributed by atoms with Crippen LogP contribution in [0.25, 0.3) is 11.3 Å². The van der Waals surface area contributed by atoms with Gasteiger partial charge in [-0.1, -0.05) is 6.07 Å². The highest BCUT2D eigenvalue weighted by Crippen LogP contribution is 2.33. The van der Waals surface area contributed by atoms with Gasteiger partial charge >= 0.3 is 0 Å². The summed E-state index contributed by atoms with van der Waals surface area (Å²) in [5, 5.41) is 6.97. The Morgan fingerprint density at radius 2 is 2.15 bits per heavy atom. The van der Waals surface area contributed by atoms with Gasteiger partial charge in [-0.05, 0) is 32.0 Å². The summed E-state index contributed by atoms with van der Waals surface area (Å²) in [5.74, 6) is 0.831. The third-order valence-corrected chi connectivity index (χ3v) is 4.17. The number of aryl methyl sites for hydroxylation is 1. The van der Waals surface area contributed by atoms with Crippen LogP contribution in [0.3, 0.4) is 0 Å². The van der Waals surface area contributed by atoms with Gasteiger partial charge in [-0.25, -0.2) is 9.97 Å². The van der Waals surface area contributed by atoms with Gasteiger partial charge in [0.15, 0.2) is 0 Å². The Hall–Kier alpha value is -3.22. The van der Waals surface area contributed by atoms with E-state index in [4.69, 9.17) is 4.74 Å². The number of hydrogen-bond acceptors (Lipinski definition) is 5. The van der Waals surface area contributed by atoms with E-state index in [0.29, 0.717) is 17.3 Å². The van der Waals surface area contributed by atoms with E-state index < -0.39 is 0 Å². The Morgan fingerprint density at radius 3 is 2.92 bits per heavy atom. The van der Waals surface area contributed by atoms with Crippen molar-refractivity contribution in [3.8, 4) is 17.1 Å². The molecule has 0 radical (unpaired) electrons. The number of ether oxygens (including phenoxy) is 1. The smallest absolute Gasteiger partial charge is 0.258 e. The van der Waals surface area contributed by atoms with E-state index in [9.17, 15) is 4.79 Å². The molecule has 26 heavy (non-hydrogen) atoms. The lowest BCUT2D eigenvalue weighted by atomic mass is 10.0. The van der Waals surface area contributed by atoms with Gasteiger partial charge in [-0.3, -0.25) is 9.48 Å². The molecule has 0 saturated carbocycles. The van der Waals surface area contributed by atoms with Gasteiger partial charge in [0.05, 0.1) is 17.5 Å². The molecule has 0 fully saturated rings. The van der Waals surface area contributed by atoms with Gasteiger partial charge < -0.3 is 10.1 Å². The minimum Gasteiger partial charge on any atom is -0.471 e. The van der Waals surface area contributed by atoms with Crippen molar-refractivity contribution in [3.05, 3.63) is 54.0 Å². The number of nitrogens with zero attached hydrogens (tertiary/aromatic N) is 4. The molecule has 1 aliphatic rings. The Morgan fingerprint density at radius 1 is 1.31 bits per heavy atom. The first-order valence-electron chi connectivity index (χ1n) is 8.35. The van der Waals surface area contributed by atoms with Crippen LogP contribution in [0.2, 0.25) is 0 Å². The lowest BCUT2D eigenvalue weighted by Crippen LogP contribution is -2.24. The van der Waals surface area contributed by atoms with E-state index in [2.05, 4.69) is 20.4 Å². The number of aromatic nitrogens is 4. The summed E-state index contributed by atoms with van der Waals surface area (Å²) in [4.78, 5) is 21.3. The van der Waals surface area contributed by atoms with Crippen LogP contribution in [0, 0.1) is 0 Å². The molecule has 0 aromatic carbocycles. The second-order valence-electron chi connectivity index (χ2n) is 6.99. The minimum atomic E-state index is -0.288. The molecule has 4 rings (SSSR count). The largest absolute Gasteiger partial charge is 0.471 e. The number of nitrogens with one attached hydrogen (secondary N) is 1. The SMILES string of the molecule is Cn1cc(-c2cccc(NC(=O)c3cnc4c(c3)CC(C)(C)O4)n2)cn1. The number of amides is 1. The van der Waals surface area contributed by atoms with Gasteiger partial charge in [0.1, 0.15) is 11.4 Å². The van der Waals surface area contributed by atoms with Crippen LogP contribution < -0.4 is 10.1 Å². The molecule has 0 unspecified atom stereocenters. The molecule has 1 N–H and O–H groups in total. The summed E-state index contributed by atoms with van der Waals surface area (Å²) in [5.41, 5.74) is 2.78. The maximum absolute atomic E-state index is 12.6. The zero-order valence-corrected chi connectivity index (χ0v) is 14.9. The van der Waals surface area contributed by atoms with Gasteiger partial charge in [0.25, 0.3) is 5.91 Å². The van der Waals surface area contributed by atoms with Gasteiger partial charge in [-0.2, -0.15) is 5.10 Å². The van der Waals surface area contributed by atoms with Crippen molar-refractivity contribution in [2.45, 2.75) is 25.9 Å². The third-order valence-electron chi connectivity index (χ3n) is 4.17. The molecule has 3 aromatic heterocycles. The van der Waals surface area contributed by atoms with E-state index in [1.54, 1.807) is 16.9 Å². The first kappa shape index (κ1) is 16.3. The monoisotopic (exact) mass is 349 g/mol. The van der Waals surface area contributed by atoms with Crippen molar-refractivity contribution in [2.75, 3.05) is 5.32 Å². The molecular weight excluding hydrogens is 330 g/mol. The van der Waals surface area contributed by atoms with Crippen molar-refractivity contribution in [1.29, 1.82) is 0 Å². The number of anilines is 1. The predicted octanol–water partition coefficient (Wildman–Crippen LogP) is 2.84. The first-order valence-corrected chi connectivity index (χ1v) is 8.35. The van der Waals surface area contributed by atoms with E-state index in [1.165, 1.54) is 6.20 Å². The summed E-state index contributed by atoms with van der Waals surface area (Å²) in [6, 6.07) is 7.31. The van der Waals surface area contributed by atoms with E-state index in [-0.39, 0.29) is 11.5 Å². The summed E-state index contributed by atoms with van der Waals surface area (Å²) in [6.07, 6.45) is 5.87. The number of fused-ring (bicyclic) bond motifs is 1. The number of hydrogen-bond donors (Lipinski definition) is 1. The standard InChI is InChI=1S/C19H19N5O2/c1-19(2)8-12-7-13(9-20-18(12)26-19)17(25)23-16-6-4-5-15(22-16)14-10-21-24(3)11-14/h4-7,9-11H,8H2,1-3H3,(H,22,23,25). The third kappa shape index (κ3) is 3.15. The van der Waals surface area contributed by atoms with Crippen molar-refractivity contribution in [3.63, 3.8) is 0 Å². The minimum absolute atomic E-state index is 0.249. The lowest BCUT2D eigenvalue weighted by molar-refractivity contribution is 0.102. The van der Waals surface area contributed by atoms with E-state index in [1.807, 2.05) is 45.3 Å². The van der Waals surface area contributed by atoms with Crippen LogP contribution in [0.4, 0.5) is 5.82 Å². The molecule has 3 aromatic rings. The Balaban J connectivity index is 1.54. The molecule has 0 atom stereocenters. The average molecular weight is 349 g/mol. The molecule has 7 nitrogen and oxygen atoms in total. The van der Waals surface area contributed by atoms with Crippen molar-refractivity contribution in [2.24, 2.45) is 7.05 Å². The van der Waals surface area contributed by atoms with E-state index >= 15 is 0 Å². The molecule has 0 spiro atoms. The first-order chi connectivity index (χ1) is 12.4. The highest BCUT2D eigenvalue weighted by atomic mass is 16.5. The number of rotatable bonds is 3. The van der Waals surface area contributed by atoms with Crippen molar-refractivity contribution in [1.82, 2.24) is 19.7 Å². The van der Waals surface area contributed by atoms with Crippen LogP contribution in [0.1, 0.15) is 29.8 Å². The van der Waals surface area contributed by atoms with Gasteiger partial charge in [0.2, 0.25) is 5.88 Å². The topological polar surface area (TPSA) is 81.9 Å². The lowest BCUT2D eigenvalue weighted by Gasteiger charge is -2.15. The molecule has 0 saturated heterocycles. The molecule has 0 bridgehead atoms. The van der Waals surface area contributed by atoms with Crippen LogP contribution in [0.15, 0.2) is 42.9 Å². The maximum Gasteiger partial charge on any atom is 0.258 e. The van der Waals surface area contributed by atoms with Crippen molar-refractivity contribution >= 4 is 11.7 Å². The molecule has 1 amide bonds. The number of carbonyl (C=O) groups excluding carboxylic acids is 1. The maximum atomic E-state index is 12.6. The number of pyridine rings is 2.